The summed E-state index contributed by atoms with van der Waals surface area (Å²) in [6.45, 7) is 8.61. The number of rotatable bonds is 6. The van der Waals surface area contributed by atoms with Gasteiger partial charge in [0.2, 0.25) is 5.91 Å². The number of carbonyl (C=O) groups excluding carboxylic acids is 1. The number of nitrogens with one attached hydrogen (secondary N) is 2. The highest BCUT2D eigenvalue weighted by molar-refractivity contribution is 5.85. The monoisotopic (exact) mass is 371 g/mol. The van der Waals surface area contributed by atoms with Crippen molar-refractivity contribution in [2.24, 2.45) is 5.41 Å². The molecule has 0 aromatic carbocycles. The van der Waals surface area contributed by atoms with E-state index < -0.39 is 0 Å². The maximum Gasteiger partial charge on any atom is 0.228 e. The van der Waals surface area contributed by atoms with Crippen molar-refractivity contribution in [3.8, 4) is 0 Å². The molecule has 8 heteroatoms. The SMILES string of the molecule is COCC1(C(=O)NCC(C)N2CCOCC2)CCNCC1.Cl.Cl. The molecule has 0 radical (unpaired) electrons. The third kappa shape index (κ3) is 6.36. The van der Waals surface area contributed by atoms with Gasteiger partial charge < -0.3 is 20.1 Å². The van der Waals surface area contributed by atoms with Crippen molar-refractivity contribution >= 4 is 30.7 Å². The predicted molar refractivity (Wildman–Crippen MR) is 95.8 cm³/mol. The highest BCUT2D eigenvalue weighted by atomic mass is 35.5. The van der Waals surface area contributed by atoms with E-state index in [4.69, 9.17) is 9.47 Å². The van der Waals surface area contributed by atoms with E-state index in [1.165, 1.54) is 0 Å². The van der Waals surface area contributed by atoms with Crippen LogP contribution in [-0.2, 0) is 14.3 Å². The molecule has 138 valence electrons. The first-order chi connectivity index (χ1) is 10.2. The molecule has 2 aliphatic rings. The van der Waals surface area contributed by atoms with Crippen LogP contribution in [0.15, 0.2) is 0 Å². The van der Waals surface area contributed by atoms with E-state index in [0.717, 1.165) is 52.2 Å². The van der Waals surface area contributed by atoms with Crippen LogP contribution in [-0.4, -0.2) is 76.5 Å². The minimum Gasteiger partial charge on any atom is -0.384 e. The number of nitrogens with zero attached hydrogens (tertiary/aromatic N) is 1. The number of methoxy groups -OCH3 is 1. The number of piperidine rings is 1. The van der Waals surface area contributed by atoms with Gasteiger partial charge in [0.15, 0.2) is 0 Å². The standard InChI is InChI=1S/C15H29N3O3.2ClH/c1-13(18-7-9-21-10-8-18)11-17-14(19)15(12-20-2)3-5-16-6-4-15;;/h13,16H,3-12H2,1-2H3,(H,17,19);2*1H. The normalized spacial score (nSPS) is 22.3. The Bertz CT molecular complexity index is 330. The number of ether oxygens (including phenoxy) is 2. The molecule has 2 rings (SSSR count). The smallest absolute Gasteiger partial charge is 0.228 e. The second kappa shape index (κ2) is 11.4. The molecule has 0 spiro atoms. The molecule has 2 N–H and O–H groups in total. The van der Waals surface area contributed by atoms with Crippen molar-refractivity contribution in [1.29, 1.82) is 0 Å². The third-order valence-electron chi connectivity index (χ3n) is 4.69. The zero-order valence-electron chi connectivity index (χ0n) is 14.1. The highest BCUT2D eigenvalue weighted by Crippen LogP contribution is 2.29. The quantitative estimate of drug-likeness (QED) is 0.718. The van der Waals surface area contributed by atoms with Crippen molar-refractivity contribution in [3.05, 3.63) is 0 Å². The fourth-order valence-electron chi connectivity index (χ4n) is 3.19. The van der Waals surface area contributed by atoms with Crippen LogP contribution >= 0.6 is 24.8 Å². The van der Waals surface area contributed by atoms with Crippen molar-refractivity contribution in [2.75, 3.05) is 59.7 Å². The van der Waals surface area contributed by atoms with Gasteiger partial charge in [-0.05, 0) is 32.9 Å². The van der Waals surface area contributed by atoms with Crippen LogP contribution in [0.1, 0.15) is 19.8 Å². The van der Waals surface area contributed by atoms with Crippen molar-refractivity contribution < 1.29 is 14.3 Å². The van der Waals surface area contributed by atoms with Crippen LogP contribution in [0.4, 0.5) is 0 Å². The summed E-state index contributed by atoms with van der Waals surface area (Å²) in [4.78, 5) is 15.0. The summed E-state index contributed by atoms with van der Waals surface area (Å²) in [5, 5.41) is 6.46. The van der Waals surface area contributed by atoms with Gasteiger partial charge in [-0.1, -0.05) is 0 Å². The molecule has 1 unspecified atom stereocenters. The molecule has 6 nitrogen and oxygen atoms in total. The second-order valence-electron chi connectivity index (χ2n) is 6.17. The Kier molecular flexibility index (Phi) is 11.4. The molecule has 0 bridgehead atoms. The topological polar surface area (TPSA) is 62.8 Å². The van der Waals surface area contributed by atoms with E-state index in [-0.39, 0.29) is 36.1 Å². The van der Waals surface area contributed by atoms with Gasteiger partial charge in [0, 0.05) is 32.8 Å². The lowest BCUT2D eigenvalue weighted by Gasteiger charge is -2.37. The first kappa shape index (κ1) is 22.9. The van der Waals surface area contributed by atoms with Crippen LogP contribution < -0.4 is 10.6 Å². The van der Waals surface area contributed by atoms with Crippen molar-refractivity contribution in [3.63, 3.8) is 0 Å². The lowest BCUT2D eigenvalue weighted by molar-refractivity contribution is -0.136. The van der Waals surface area contributed by atoms with Crippen LogP contribution in [0.5, 0.6) is 0 Å². The molecule has 0 aliphatic carbocycles. The Morgan fingerprint density at radius 3 is 2.48 bits per heavy atom. The number of halogens is 2. The molecule has 2 heterocycles. The van der Waals surface area contributed by atoms with E-state index in [0.29, 0.717) is 19.2 Å². The Labute approximate surface area is 151 Å². The fourth-order valence-corrected chi connectivity index (χ4v) is 3.19. The maximum absolute atomic E-state index is 12.6. The average Bonchev–Trinajstić information content (AvgIpc) is 2.54. The third-order valence-corrected chi connectivity index (χ3v) is 4.69. The summed E-state index contributed by atoms with van der Waals surface area (Å²) < 4.78 is 10.7. The molecule has 2 fully saturated rings. The summed E-state index contributed by atoms with van der Waals surface area (Å²) in [7, 11) is 1.67. The zero-order valence-corrected chi connectivity index (χ0v) is 15.8. The molecule has 23 heavy (non-hydrogen) atoms. The molecule has 2 saturated heterocycles. The fraction of sp³-hybridized carbons (Fsp3) is 0.933. The first-order valence-corrected chi connectivity index (χ1v) is 7.98. The molecule has 0 aromatic rings. The number of carbonyl (C=O) groups is 1. The van der Waals surface area contributed by atoms with Crippen LogP contribution in [0.3, 0.4) is 0 Å². The number of morpholine rings is 1. The van der Waals surface area contributed by atoms with Gasteiger partial charge in [-0.25, -0.2) is 0 Å². The van der Waals surface area contributed by atoms with Crippen molar-refractivity contribution in [1.82, 2.24) is 15.5 Å². The van der Waals surface area contributed by atoms with Crippen molar-refractivity contribution in [2.45, 2.75) is 25.8 Å². The highest BCUT2D eigenvalue weighted by Gasteiger charge is 2.39. The summed E-state index contributed by atoms with van der Waals surface area (Å²) in [6, 6.07) is 0.346. The van der Waals surface area contributed by atoms with E-state index >= 15 is 0 Å². The van der Waals surface area contributed by atoms with E-state index in [9.17, 15) is 4.79 Å². The lowest BCUT2D eigenvalue weighted by atomic mass is 9.78. The minimum atomic E-state index is -0.356. The molecular weight excluding hydrogens is 341 g/mol. The van der Waals surface area contributed by atoms with Gasteiger partial charge in [-0.3, -0.25) is 9.69 Å². The number of hydrogen-bond acceptors (Lipinski definition) is 5. The Balaban J connectivity index is 0.00000242. The first-order valence-electron chi connectivity index (χ1n) is 7.98. The molecule has 0 saturated carbocycles. The molecule has 2 aliphatic heterocycles. The van der Waals surface area contributed by atoms with Crippen LogP contribution in [0, 0.1) is 5.41 Å². The van der Waals surface area contributed by atoms with Gasteiger partial charge >= 0.3 is 0 Å². The largest absolute Gasteiger partial charge is 0.384 e. The Morgan fingerprint density at radius 1 is 1.30 bits per heavy atom. The molecule has 1 amide bonds. The lowest BCUT2D eigenvalue weighted by Crippen LogP contribution is -2.53. The number of amides is 1. The Morgan fingerprint density at radius 2 is 1.91 bits per heavy atom. The maximum atomic E-state index is 12.6. The van der Waals surface area contributed by atoms with Gasteiger partial charge in [0.1, 0.15) is 0 Å². The summed E-state index contributed by atoms with van der Waals surface area (Å²) in [5.74, 6) is 0.144. The van der Waals surface area contributed by atoms with Crippen LogP contribution in [0.2, 0.25) is 0 Å². The summed E-state index contributed by atoms with van der Waals surface area (Å²) >= 11 is 0. The van der Waals surface area contributed by atoms with E-state index in [1.54, 1.807) is 7.11 Å². The summed E-state index contributed by atoms with van der Waals surface area (Å²) in [5.41, 5.74) is -0.356. The Hall–Kier alpha value is -0.110. The number of hydrogen-bond donors (Lipinski definition) is 2. The zero-order chi connectivity index (χ0) is 15.1. The second-order valence-corrected chi connectivity index (χ2v) is 6.17. The molecular formula is C15H31Cl2N3O3. The molecule has 1 atom stereocenters. The van der Waals surface area contributed by atoms with E-state index in [1.807, 2.05) is 0 Å². The van der Waals surface area contributed by atoms with Crippen LogP contribution in [0.25, 0.3) is 0 Å². The average molecular weight is 372 g/mol. The van der Waals surface area contributed by atoms with E-state index in [2.05, 4.69) is 22.5 Å². The van der Waals surface area contributed by atoms with Gasteiger partial charge in [0.25, 0.3) is 0 Å². The minimum absolute atomic E-state index is 0. The predicted octanol–water partition coefficient (Wildman–Crippen LogP) is 0.683. The van der Waals surface area contributed by atoms with Gasteiger partial charge in [-0.2, -0.15) is 0 Å². The van der Waals surface area contributed by atoms with Gasteiger partial charge in [0.05, 0.1) is 25.2 Å². The summed E-state index contributed by atoms with van der Waals surface area (Å²) in [6.07, 6.45) is 1.69. The molecule has 0 aromatic heterocycles. The van der Waals surface area contributed by atoms with Gasteiger partial charge in [-0.15, -0.1) is 24.8 Å².